The van der Waals surface area contributed by atoms with Crippen molar-refractivity contribution in [3.8, 4) is 0 Å². The number of rotatable bonds is 5. The van der Waals surface area contributed by atoms with Crippen LogP contribution in [0.15, 0.2) is 47.7 Å². The zero-order chi connectivity index (χ0) is 15.2. The number of carbonyl (C=O) groups excluding carboxylic acids is 2. The van der Waals surface area contributed by atoms with Crippen molar-refractivity contribution in [1.82, 2.24) is 5.32 Å². The van der Waals surface area contributed by atoms with Crippen molar-refractivity contribution in [3.05, 3.63) is 59.1 Å². The van der Waals surface area contributed by atoms with Crippen LogP contribution in [0.2, 0.25) is 0 Å². The van der Waals surface area contributed by atoms with Gasteiger partial charge < -0.3 is 10.1 Å². The van der Waals surface area contributed by atoms with Gasteiger partial charge in [0.05, 0.1) is 24.3 Å². The molecule has 2 rings (SSSR count). The summed E-state index contributed by atoms with van der Waals surface area (Å²) in [6, 6.07) is 5.73. The fourth-order valence-electron chi connectivity index (χ4n) is 2.02. The molecule has 1 aliphatic carbocycles. The average molecular weight is 289 g/mol. The van der Waals surface area contributed by atoms with Crippen molar-refractivity contribution in [2.24, 2.45) is 0 Å². The van der Waals surface area contributed by atoms with Crippen LogP contribution in [0.5, 0.6) is 0 Å². The van der Waals surface area contributed by atoms with Crippen LogP contribution in [0.3, 0.4) is 0 Å². The van der Waals surface area contributed by atoms with Gasteiger partial charge in [-0.3, -0.25) is 4.79 Å². The monoisotopic (exact) mass is 289 g/mol. The van der Waals surface area contributed by atoms with Crippen molar-refractivity contribution >= 4 is 11.9 Å². The van der Waals surface area contributed by atoms with Gasteiger partial charge in [-0.1, -0.05) is 18.2 Å². The molecule has 110 valence electrons. The maximum Gasteiger partial charge on any atom is 0.336 e. The summed E-state index contributed by atoms with van der Waals surface area (Å²) < 4.78 is 17.7. The standard InChI is InChI=1S/C16H16FNO3/c1-2-21-16(20)13-4-3-5-14(13)18-15(19)10-11-6-8-12(17)9-7-11/h3,5-9H,2,4,10H2,1H3,(H,18,19). The third-order valence-corrected chi connectivity index (χ3v) is 3.01. The van der Waals surface area contributed by atoms with Gasteiger partial charge in [0.15, 0.2) is 0 Å². The number of esters is 1. The van der Waals surface area contributed by atoms with E-state index < -0.39 is 5.97 Å². The Morgan fingerprint density at radius 1 is 1.29 bits per heavy atom. The fraction of sp³-hybridized carbons (Fsp3) is 0.250. The Morgan fingerprint density at radius 2 is 2.00 bits per heavy atom. The lowest BCUT2D eigenvalue weighted by Crippen LogP contribution is -2.25. The van der Waals surface area contributed by atoms with Crippen molar-refractivity contribution in [3.63, 3.8) is 0 Å². The number of halogens is 1. The highest BCUT2D eigenvalue weighted by atomic mass is 19.1. The van der Waals surface area contributed by atoms with E-state index in [1.54, 1.807) is 31.2 Å². The molecular weight excluding hydrogens is 273 g/mol. The van der Waals surface area contributed by atoms with E-state index >= 15 is 0 Å². The molecule has 0 atom stereocenters. The van der Waals surface area contributed by atoms with E-state index in [1.807, 2.05) is 0 Å². The van der Waals surface area contributed by atoms with E-state index in [4.69, 9.17) is 4.74 Å². The predicted octanol–water partition coefficient (Wildman–Crippen LogP) is 2.26. The Balaban J connectivity index is 2.01. The molecule has 0 aromatic heterocycles. The van der Waals surface area contributed by atoms with Crippen LogP contribution in [0.4, 0.5) is 4.39 Å². The number of carbonyl (C=O) groups is 2. The average Bonchev–Trinajstić information content (AvgIpc) is 2.90. The van der Waals surface area contributed by atoms with Crippen molar-refractivity contribution < 1.29 is 18.7 Å². The van der Waals surface area contributed by atoms with Gasteiger partial charge in [-0.15, -0.1) is 0 Å². The second-order valence-electron chi connectivity index (χ2n) is 4.57. The fourth-order valence-corrected chi connectivity index (χ4v) is 2.02. The Kier molecular flexibility index (Phi) is 4.87. The second-order valence-corrected chi connectivity index (χ2v) is 4.57. The highest BCUT2D eigenvalue weighted by Gasteiger charge is 2.19. The molecule has 0 bridgehead atoms. The Hall–Kier alpha value is -2.43. The van der Waals surface area contributed by atoms with Crippen molar-refractivity contribution in [2.75, 3.05) is 6.61 Å². The number of benzene rings is 1. The minimum absolute atomic E-state index is 0.119. The molecule has 1 aliphatic rings. The van der Waals surface area contributed by atoms with Gasteiger partial charge in [-0.2, -0.15) is 0 Å². The molecule has 0 saturated heterocycles. The van der Waals surface area contributed by atoms with Gasteiger partial charge >= 0.3 is 5.97 Å². The molecule has 1 aromatic rings. The zero-order valence-electron chi connectivity index (χ0n) is 11.7. The summed E-state index contributed by atoms with van der Waals surface area (Å²) in [7, 11) is 0. The number of ether oxygens (including phenoxy) is 1. The molecule has 21 heavy (non-hydrogen) atoms. The van der Waals surface area contributed by atoms with Crippen LogP contribution in [-0.4, -0.2) is 18.5 Å². The van der Waals surface area contributed by atoms with Crippen molar-refractivity contribution in [1.29, 1.82) is 0 Å². The third-order valence-electron chi connectivity index (χ3n) is 3.01. The minimum Gasteiger partial charge on any atom is -0.463 e. The number of amides is 1. The summed E-state index contributed by atoms with van der Waals surface area (Å²) in [6.07, 6.45) is 4.05. The van der Waals surface area contributed by atoms with Crippen LogP contribution >= 0.6 is 0 Å². The number of nitrogens with one attached hydrogen (secondary N) is 1. The first-order valence-electron chi connectivity index (χ1n) is 6.71. The highest BCUT2D eigenvalue weighted by Crippen LogP contribution is 2.18. The number of hydrogen-bond acceptors (Lipinski definition) is 3. The highest BCUT2D eigenvalue weighted by molar-refractivity contribution is 5.93. The largest absolute Gasteiger partial charge is 0.463 e. The summed E-state index contributed by atoms with van der Waals surface area (Å²) in [5, 5.41) is 2.69. The molecule has 5 heteroatoms. The van der Waals surface area contributed by atoms with Gasteiger partial charge in [-0.25, -0.2) is 9.18 Å². The Morgan fingerprint density at radius 3 is 2.67 bits per heavy atom. The van der Waals surface area contributed by atoms with Crippen LogP contribution in [0, 0.1) is 5.82 Å². The first kappa shape index (κ1) is 15.0. The molecule has 0 spiro atoms. The molecule has 0 fully saturated rings. The van der Waals surface area contributed by atoms with Crippen LogP contribution < -0.4 is 5.32 Å². The van der Waals surface area contributed by atoms with Crippen molar-refractivity contribution in [2.45, 2.75) is 19.8 Å². The number of hydrogen-bond donors (Lipinski definition) is 1. The second kappa shape index (κ2) is 6.83. The maximum absolute atomic E-state index is 12.8. The Bertz CT molecular complexity index is 602. The first-order chi connectivity index (χ1) is 10.1. The lowest BCUT2D eigenvalue weighted by atomic mass is 10.1. The van der Waals surface area contributed by atoms with Gasteiger partial charge in [0.1, 0.15) is 5.82 Å². The molecule has 0 radical (unpaired) electrons. The first-order valence-corrected chi connectivity index (χ1v) is 6.71. The predicted molar refractivity (Wildman–Crippen MR) is 75.7 cm³/mol. The third kappa shape index (κ3) is 4.02. The molecule has 0 saturated carbocycles. The normalized spacial score (nSPS) is 13.4. The number of allylic oxidation sites excluding steroid dienone is 2. The zero-order valence-corrected chi connectivity index (χ0v) is 11.7. The summed E-state index contributed by atoms with van der Waals surface area (Å²) in [6.45, 7) is 2.02. The van der Waals surface area contributed by atoms with Gasteiger partial charge in [0.2, 0.25) is 5.91 Å². The van der Waals surface area contributed by atoms with Crippen LogP contribution in [0.1, 0.15) is 18.9 Å². The van der Waals surface area contributed by atoms with E-state index in [2.05, 4.69) is 5.32 Å². The lowest BCUT2D eigenvalue weighted by molar-refractivity contribution is -0.138. The van der Waals surface area contributed by atoms with E-state index in [9.17, 15) is 14.0 Å². The SMILES string of the molecule is CCOC(=O)C1=C(NC(=O)Cc2ccc(F)cc2)C=CC1. The minimum atomic E-state index is -0.417. The van der Waals surface area contributed by atoms with Gasteiger partial charge in [0, 0.05) is 0 Å². The van der Waals surface area contributed by atoms with Crippen LogP contribution in [-0.2, 0) is 20.7 Å². The molecule has 1 aromatic carbocycles. The molecule has 0 unspecified atom stereocenters. The summed E-state index contributed by atoms with van der Waals surface area (Å²) in [5.74, 6) is -1.02. The molecule has 0 aliphatic heterocycles. The molecular formula is C16H16FNO3. The van der Waals surface area contributed by atoms with E-state index in [-0.39, 0.29) is 18.1 Å². The topological polar surface area (TPSA) is 55.4 Å². The molecule has 1 N–H and O–H groups in total. The maximum atomic E-state index is 12.8. The van der Waals surface area contributed by atoms with E-state index in [0.29, 0.717) is 29.9 Å². The van der Waals surface area contributed by atoms with Crippen LogP contribution in [0.25, 0.3) is 0 Å². The van der Waals surface area contributed by atoms with Gasteiger partial charge in [-0.05, 0) is 37.1 Å². The Labute approximate surface area is 122 Å². The lowest BCUT2D eigenvalue weighted by Gasteiger charge is -2.08. The summed E-state index contributed by atoms with van der Waals surface area (Å²) in [4.78, 5) is 23.7. The van der Waals surface area contributed by atoms with E-state index in [1.165, 1.54) is 12.1 Å². The van der Waals surface area contributed by atoms with E-state index in [0.717, 1.165) is 0 Å². The smallest absolute Gasteiger partial charge is 0.336 e. The summed E-state index contributed by atoms with van der Waals surface area (Å²) in [5.41, 5.74) is 1.62. The summed E-state index contributed by atoms with van der Waals surface area (Å²) >= 11 is 0. The molecule has 0 heterocycles. The molecule has 4 nitrogen and oxygen atoms in total. The molecule has 1 amide bonds. The quantitative estimate of drug-likeness (QED) is 0.846. The van der Waals surface area contributed by atoms with Gasteiger partial charge in [0.25, 0.3) is 0 Å².